The van der Waals surface area contributed by atoms with Crippen molar-refractivity contribution in [3.05, 3.63) is 11.3 Å². The summed E-state index contributed by atoms with van der Waals surface area (Å²) in [6.45, 7) is 1.36. The molecule has 6 heteroatoms. The lowest BCUT2D eigenvalue weighted by Crippen LogP contribution is -2.21. The summed E-state index contributed by atoms with van der Waals surface area (Å²) in [5.41, 5.74) is 7.72. The first-order chi connectivity index (χ1) is 5.11. The molecule has 0 spiro atoms. The summed E-state index contributed by atoms with van der Waals surface area (Å²) in [6, 6.07) is 0. The first-order valence-electron chi connectivity index (χ1n) is 2.87. The van der Waals surface area contributed by atoms with Gasteiger partial charge in [0.25, 0.3) is 0 Å². The van der Waals surface area contributed by atoms with Gasteiger partial charge in [0, 0.05) is 6.92 Å². The Labute approximate surface area is 68.1 Å². The minimum absolute atomic E-state index is 0.158. The number of carbonyl (C=O) groups excluding carboxylic acids is 1. The number of carbonyl (C=O) groups is 1. The third-order valence-corrected chi connectivity index (χ3v) is 1.28. The zero-order valence-electron chi connectivity index (χ0n) is 5.84. The molecule has 60 valence electrons. The topological polar surface area (TPSA) is 72.9 Å². The predicted octanol–water partition coefficient (Wildman–Crippen LogP) is 0.209. The van der Waals surface area contributed by atoms with Crippen molar-refractivity contribution in [1.82, 2.24) is 9.66 Å². The third-order valence-electron chi connectivity index (χ3n) is 1.02. The van der Waals surface area contributed by atoms with E-state index in [9.17, 15) is 4.79 Å². The molecule has 0 unspecified atom stereocenters. The number of aromatic nitrogens is 2. The smallest absolute Gasteiger partial charge is 0.235 e. The molecule has 0 bridgehead atoms. The van der Waals surface area contributed by atoms with Crippen molar-refractivity contribution < 1.29 is 4.79 Å². The molecule has 0 atom stereocenters. The van der Waals surface area contributed by atoms with Gasteiger partial charge in [-0.1, -0.05) is 11.6 Å². The zero-order valence-corrected chi connectivity index (χ0v) is 6.59. The van der Waals surface area contributed by atoms with Crippen LogP contribution < -0.4 is 11.2 Å². The van der Waals surface area contributed by atoms with Gasteiger partial charge in [0.1, 0.15) is 0 Å². The molecule has 0 radical (unpaired) electrons. The van der Waals surface area contributed by atoms with Crippen LogP contribution in [0.15, 0.2) is 6.20 Å². The summed E-state index contributed by atoms with van der Waals surface area (Å²) in [6.07, 6.45) is 1.35. The molecule has 1 amide bonds. The number of nitrogen functional groups attached to an aromatic ring is 1. The minimum Gasteiger partial charge on any atom is -0.368 e. The van der Waals surface area contributed by atoms with Crippen molar-refractivity contribution in [1.29, 1.82) is 0 Å². The second-order valence-corrected chi connectivity index (χ2v) is 2.33. The molecule has 0 aromatic carbocycles. The Morgan fingerprint density at radius 1 is 1.91 bits per heavy atom. The maximum Gasteiger partial charge on any atom is 0.235 e. The van der Waals surface area contributed by atoms with Gasteiger partial charge in [-0.3, -0.25) is 10.2 Å². The first-order valence-corrected chi connectivity index (χ1v) is 3.25. The van der Waals surface area contributed by atoms with Gasteiger partial charge < -0.3 is 5.73 Å². The Bertz CT molecular complexity index is 263. The van der Waals surface area contributed by atoms with Crippen molar-refractivity contribution in [2.24, 2.45) is 0 Å². The van der Waals surface area contributed by atoms with Crippen LogP contribution in [-0.4, -0.2) is 15.6 Å². The summed E-state index contributed by atoms with van der Waals surface area (Å²) < 4.78 is 1.20. The monoisotopic (exact) mass is 174 g/mol. The van der Waals surface area contributed by atoms with Crippen LogP contribution in [0.2, 0.25) is 5.15 Å². The molecule has 1 heterocycles. The van der Waals surface area contributed by atoms with E-state index in [1.54, 1.807) is 0 Å². The molecule has 0 aliphatic heterocycles. The number of anilines is 1. The molecule has 1 rings (SSSR count). The van der Waals surface area contributed by atoms with Crippen LogP contribution in [0, 0.1) is 0 Å². The highest BCUT2D eigenvalue weighted by atomic mass is 35.5. The number of nitrogens with two attached hydrogens (primary N) is 1. The summed E-state index contributed by atoms with van der Waals surface area (Å²) in [5.74, 6) is -0.0956. The van der Waals surface area contributed by atoms with Crippen LogP contribution in [0.3, 0.4) is 0 Å². The summed E-state index contributed by atoms with van der Waals surface area (Å²) in [7, 11) is 0. The lowest BCUT2D eigenvalue weighted by molar-refractivity contribution is -0.115. The fraction of sp³-hybridized carbons (Fsp3) is 0.200. The van der Waals surface area contributed by atoms with Crippen LogP contribution in [0.4, 0.5) is 5.95 Å². The standard InChI is InChI=1S/C5H7ClN4O/c1-3(11)9-10-4(6)2-8-5(10)7/h2H,1H3,(H2,7,8)(H,9,11). The molecule has 1 aromatic heterocycles. The number of amides is 1. The van der Waals surface area contributed by atoms with Crippen LogP contribution in [-0.2, 0) is 4.79 Å². The van der Waals surface area contributed by atoms with Crippen molar-refractivity contribution in [2.75, 3.05) is 11.2 Å². The van der Waals surface area contributed by atoms with E-state index in [0.29, 0.717) is 0 Å². The number of hydrogen-bond acceptors (Lipinski definition) is 3. The summed E-state index contributed by atoms with van der Waals surface area (Å²) in [4.78, 5) is 14.2. The van der Waals surface area contributed by atoms with E-state index >= 15 is 0 Å². The number of rotatable bonds is 1. The highest BCUT2D eigenvalue weighted by molar-refractivity contribution is 6.29. The second kappa shape index (κ2) is 2.79. The number of nitrogens with one attached hydrogen (secondary N) is 1. The maximum absolute atomic E-state index is 10.5. The number of hydrogen-bond donors (Lipinski definition) is 2. The SMILES string of the molecule is CC(=O)Nn1c(Cl)cnc1N. The van der Waals surface area contributed by atoms with Crippen LogP contribution in [0.5, 0.6) is 0 Å². The van der Waals surface area contributed by atoms with E-state index in [-0.39, 0.29) is 17.0 Å². The van der Waals surface area contributed by atoms with E-state index in [0.717, 1.165) is 0 Å². The molecular formula is C5H7ClN4O. The van der Waals surface area contributed by atoms with Gasteiger partial charge in [0.05, 0.1) is 6.20 Å². The minimum atomic E-state index is -0.253. The number of halogens is 1. The van der Waals surface area contributed by atoms with Crippen molar-refractivity contribution in [3.63, 3.8) is 0 Å². The average Bonchev–Trinajstić information content (AvgIpc) is 2.18. The molecule has 11 heavy (non-hydrogen) atoms. The van der Waals surface area contributed by atoms with Gasteiger partial charge in [-0.25, -0.2) is 9.66 Å². The third kappa shape index (κ3) is 1.62. The normalized spacial score (nSPS) is 9.64. The molecule has 0 aliphatic rings. The van der Waals surface area contributed by atoms with Gasteiger partial charge in [-0.05, 0) is 0 Å². The van der Waals surface area contributed by atoms with E-state index < -0.39 is 0 Å². The summed E-state index contributed by atoms with van der Waals surface area (Å²) in [5, 5.41) is 0.276. The maximum atomic E-state index is 10.5. The zero-order chi connectivity index (χ0) is 8.43. The van der Waals surface area contributed by atoms with Gasteiger partial charge in [-0.15, -0.1) is 0 Å². The van der Waals surface area contributed by atoms with Crippen molar-refractivity contribution in [3.8, 4) is 0 Å². The lowest BCUT2D eigenvalue weighted by atomic mass is 10.7. The van der Waals surface area contributed by atoms with E-state index in [1.807, 2.05) is 0 Å². The van der Waals surface area contributed by atoms with Gasteiger partial charge in [0.15, 0.2) is 5.15 Å². The van der Waals surface area contributed by atoms with Gasteiger partial charge in [-0.2, -0.15) is 0 Å². The Kier molecular flexibility index (Phi) is 2.00. The fourth-order valence-electron chi connectivity index (χ4n) is 0.612. The largest absolute Gasteiger partial charge is 0.368 e. The molecule has 0 fully saturated rings. The quantitative estimate of drug-likeness (QED) is 0.639. The molecule has 3 N–H and O–H groups in total. The molecule has 0 saturated carbocycles. The molecule has 0 aliphatic carbocycles. The Balaban J connectivity index is 2.92. The van der Waals surface area contributed by atoms with Crippen LogP contribution in [0.1, 0.15) is 6.92 Å². The van der Waals surface area contributed by atoms with Crippen molar-refractivity contribution in [2.45, 2.75) is 6.92 Å². The molecule has 5 nitrogen and oxygen atoms in total. The second-order valence-electron chi connectivity index (χ2n) is 1.94. The predicted molar refractivity (Wildman–Crippen MR) is 41.7 cm³/mol. The first kappa shape index (κ1) is 7.87. The highest BCUT2D eigenvalue weighted by Crippen LogP contribution is 2.09. The van der Waals surface area contributed by atoms with Gasteiger partial charge >= 0.3 is 0 Å². The molecule has 1 aromatic rings. The van der Waals surface area contributed by atoms with Crippen LogP contribution >= 0.6 is 11.6 Å². The number of nitrogens with zero attached hydrogens (tertiary/aromatic N) is 2. The van der Waals surface area contributed by atoms with E-state index in [1.165, 1.54) is 17.8 Å². The Morgan fingerprint density at radius 3 is 2.91 bits per heavy atom. The number of imidazole rings is 1. The van der Waals surface area contributed by atoms with E-state index in [2.05, 4.69) is 10.4 Å². The fourth-order valence-corrected chi connectivity index (χ4v) is 0.790. The molecular weight excluding hydrogens is 168 g/mol. The van der Waals surface area contributed by atoms with Gasteiger partial charge in [0.2, 0.25) is 11.9 Å². The van der Waals surface area contributed by atoms with Crippen LogP contribution in [0.25, 0.3) is 0 Å². The van der Waals surface area contributed by atoms with Crippen molar-refractivity contribution >= 4 is 23.5 Å². The Hall–Kier alpha value is -1.23. The Morgan fingerprint density at radius 2 is 2.55 bits per heavy atom. The average molecular weight is 175 g/mol. The molecule has 0 saturated heterocycles. The lowest BCUT2D eigenvalue weighted by Gasteiger charge is -2.04. The summed E-state index contributed by atoms with van der Waals surface area (Å²) >= 11 is 5.59. The van der Waals surface area contributed by atoms with E-state index in [4.69, 9.17) is 17.3 Å². The highest BCUT2D eigenvalue weighted by Gasteiger charge is 2.04.